The van der Waals surface area contributed by atoms with Gasteiger partial charge in [-0.15, -0.1) is 0 Å². The van der Waals surface area contributed by atoms with Crippen LogP contribution in [0.3, 0.4) is 0 Å². The van der Waals surface area contributed by atoms with Crippen molar-refractivity contribution in [3.05, 3.63) is 110 Å². The highest BCUT2D eigenvalue weighted by molar-refractivity contribution is 9.10. The molecule has 3 aromatic rings. The zero-order valence-corrected chi connectivity index (χ0v) is 20.9. The summed E-state index contributed by atoms with van der Waals surface area (Å²) in [4.78, 5) is 26.0. The number of allylic oxidation sites excluding steroid dienone is 2. The molecule has 1 aliphatic rings. The van der Waals surface area contributed by atoms with Gasteiger partial charge in [0, 0.05) is 15.7 Å². The molecule has 35 heavy (non-hydrogen) atoms. The molecule has 0 bridgehead atoms. The number of rotatable bonds is 7. The number of hydrogen-bond acceptors (Lipinski definition) is 6. The Kier molecular flexibility index (Phi) is 7.54. The molecule has 1 aromatic heterocycles. The molecule has 1 atom stereocenters. The summed E-state index contributed by atoms with van der Waals surface area (Å²) in [5.41, 5.74) is 1.51. The van der Waals surface area contributed by atoms with E-state index in [-0.39, 0.29) is 28.4 Å². The van der Waals surface area contributed by atoms with Gasteiger partial charge in [0.1, 0.15) is 11.6 Å². The second-order valence-electron chi connectivity index (χ2n) is 7.62. The maximum Gasteiger partial charge on any atom is 0.254 e. The van der Waals surface area contributed by atoms with Gasteiger partial charge in [-0.25, -0.2) is 4.39 Å². The Balaban J connectivity index is 1.64. The van der Waals surface area contributed by atoms with E-state index in [1.807, 2.05) is 0 Å². The lowest BCUT2D eigenvalue weighted by Gasteiger charge is -2.28. The van der Waals surface area contributed by atoms with E-state index in [2.05, 4.69) is 32.6 Å². The molecule has 4 rings (SSSR count). The largest absolute Gasteiger partial charge is 0.468 e. The number of Topliss-reactive ketones (excluding diaryl/α,β-unsaturated/α-hetero) is 1. The van der Waals surface area contributed by atoms with Crippen LogP contribution in [-0.2, 0) is 4.79 Å². The van der Waals surface area contributed by atoms with E-state index in [1.54, 1.807) is 49.4 Å². The number of nitriles is 1. The monoisotopic (exact) mass is 551 g/mol. The van der Waals surface area contributed by atoms with Gasteiger partial charge >= 0.3 is 0 Å². The molecule has 9 heteroatoms. The first-order chi connectivity index (χ1) is 16.9. The fraction of sp³-hybridized carbons (Fsp3) is 0.115. The molecule has 0 saturated carbocycles. The predicted octanol–water partition coefficient (Wildman–Crippen LogP) is 6.13. The summed E-state index contributed by atoms with van der Waals surface area (Å²) in [6.07, 6.45) is 1.46. The van der Waals surface area contributed by atoms with Crippen molar-refractivity contribution in [1.82, 2.24) is 5.32 Å². The summed E-state index contributed by atoms with van der Waals surface area (Å²) < 4.78 is 20.6. The van der Waals surface area contributed by atoms with Crippen LogP contribution in [0, 0.1) is 17.1 Å². The minimum atomic E-state index is -0.826. The number of nitrogens with zero attached hydrogens (tertiary/aromatic N) is 1. The number of para-hydroxylation sites is 1. The zero-order chi connectivity index (χ0) is 24.9. The lowest BCUT2D eigenvalue weighted by molar-refractivity contribution is -0.113. The van der Waals surface area contributed by atoms with Crippen LogP contribution in [-0.4, -0.2) is 17.4 Å². The zero-order valence-electron chi connectivity index (χ0n) is 18.5. The number of nitrogens with one attached hydrogen (secondary N) is 2. The summed E-state index contributed by atoms with van der Waals surface area (Å²) in [5, 5.41) is 16.2. The first-order valence-corrected chi connectivity index (χ1v) is 12.3. The van der Waals surface area contributed by atoms with Gasteiger partial charge in [-0.1, -0.05) is 52.0 Å². The van der Waals surface area contributed by atoms with Gasteiger partial charge in [-0.3, -0.25) is 9.59 Å². The van der Waals surface area contributed by atoms with E-state index in [9.17, 15) is 19.2 Å². The van der Waals surface area contributed by atoms with E-state index >= 15 is 0 Å². The van der Waals surface area contributed by atoms with Crippen molar-refractivity contribution in [2.75, 3.05) is 11.1 Å². The summed E-state index contributed by atoms with van der Waals surface area (Å²) in [6.45, 7) is 1.69. The van der Waals surface area contributed by atoms with Gasteiger partial charge in [-0.2, -0.15) is 5.26 Å². The molecule has 0 saturated heterocycles. The third-order valence-electron chi connectivity index (χ3n) is 5.36. The normalized spacial score (nSPS) is 15.4. The van der Waals surface area contributed by atoms with E-state index in [0.29, 0.717) is 22.0 Å². The quantitative estimate of drug-likeness (QED) is 0.343. The number of amides is 1. The molecule has 0 fully saturated rings. The Bertz CT molecular complexity index is 1380. The molecule has 2 heterocycles. The van der Waals surface area contributed by atoms with Gasteiger partial charge in [0.15, 0.2) is 5.78 Å². The minimum absolute atomic E-state index is 0.0266. The highest BCUT2D eigenvalue weighted by atomic mass is 79.9. The van der Waals surface area contributed by atoms with Gasteiger partial charge in [-0.05, 0) is 43.3 Å². The molecule has 2 aromatic carbocycles. The van der Waals surface area contributed by atoms with Gasteiger partial charge < -0.3 is 15.1 Å². The SMILES string of the molecule is CC1=C(C(=O)Nc2ccccc2F)[C@H](c2ccco2)C(C#N)=C(SCC(=O)c2ccc(Br)cc2)N1. The Morgan fingerprint density at radius 1 is 1.17 bits per heavy atom. The molecule has 6 nitrogen and oxygen atoms in total. The molecule has 0 radical (unpaired) electrons. The summed E-state index contributed by atoms with van der Waals surface area (Å²) in [7, 11) is 0. The number of furan rings is 1. The van der Waals surface area contributed by atoms with Gasteiger partial charge in [0.25, 0.3) is 5.91 Å². The van der Waals surface area contributed by atoms with Crippen molar-refractivity contribution in [2.45, 2.75) is 12.8 Å². The van der Waals surface area contributed by atoms with Crippen LogP contribution in [0.1, 0.15) is 29.0 Å². The molecular formula is C26H19BrFN3O3S. The number of hydrogen-bond donors (Lipinski definition) is 2. The van der Waals surface area contributed by atoms with Crippen LogP contribution in [0.15, 0.2) is 97.7 Å². The number of dihydropyridines is 1. The fourth-order valence-corrected chi connectivity index (χ4v) is 4.93. The number of halogens is 2. The first-order valence-electron chi connectivity index (χ1n) is 10.5. The second-order valence-corrected chi connectivity index (χ2v) is 9.52. The maximum absolute atomic E-state index is 14.2. The average Bonchev–Trinajstić information content (AvgIpc) is 3.38. The van der Waals surface area contributed by atoms with Crippen LogP contribution >= 0.6 is 27.7 Å². The fourth-order valence-electron chi connectivity index (χ4n) is 3.68. The molecule has 0 aliphatic carbocycles. The van der Waals surface area contributed by atoms with E-state index in [4.69, 9.17) is 4.42 Å². The van der Waals surface area contributed by atoms with Gasteiger partial charge in [0.05, 0.1) is 45.9 Å². The Hall–Kier alpha value is -3.61. The van der Waals surface area contributed by atoms with Crippen molar-refractivity contribution in [2.24, 2.45) is 0 Å². The number of anilines is 1. The van der Waals surface area contributed by atoms with Crippen LogP contribution < -0.4 is 10.6 Å². The standard InChI is InChI=1S/C26H19BrFN3O3S/c1-15-23(25(33)31-20-6-3-2-5-19(20)28)24(22-7-4-12-34-22)18(13-29)26(30-15)35-14-21(32)16-8-10-17(27)11-9-16/h2-12,24,30H,14H2,1H3,(H,31,33)/t24-/m0/s1. The predicted molar refractivity (Wildman–Crippen MR) is 136 cm³/mol. The summed E-state index contributed by atoms with van der Waals surface area (Å²) >= 11 is 4.53. The molecule has 176 valence electrons. The topological polar surface area (TPSA) is 95.1 Å². The molecule has 2 N–H and O–H groups in total. The third-order valence-corrected chi connectivity index (χ3v) is 6.90. The summed E-state index contributed by atoms with van der Waals surface area (Å²) in [6, 6.07) is 18.4. The number of benzene rings is 2. The van der Waals surface area contributed by atoms with Crippen LogP contribution in [0.5, 0.6) is 0 Å². The van der Waals surface area contributed by atoms with E-state index < -0.39 is 17.6 Å². The molecule has 1 aliphatic heterocycles. The van der Waals surface area contributed by atoms with Gasteiger partial charge in [0.2, 0.25) is 0 Å². The minimum Gasteiger partial charge on any atom is -0.468 e. The highest BCUT2D eigenvalue weighted by Gasteiger charge is 2.36. The Labute approximate surface area is 214 Å². The van der Waals surface area contributed by atoms with Crippen LogP contribution in [0.2, 0.25) is 0 Å². The Morgan fingerprint density at radius 2 is 1.91 bits per heavy atom. The number of thioether (sulfide) groups is 1. The number of ketones is 1. The van der Waals surface area contributed by atoms with Crippen molar-refractivity contribution in [3.63, 3.8) is 0 Å². The van der Waals surface area contributed by atoms with Crippen LogP contribution in [0.25, 0.3) is 0 Å². The van der Waals surface area contributed by atoms with E-state index in [0.717, 1.165) is 4.47 Å². The maximum atomic E-state index is 14.2. The molecular weight excluding hydrogens is 533 g/mol. The van der Waals surface area contributed by atoms with E-state index in [1.165, 1.54) is 36.2 Å². The lowest BCUT2D eigenvalue weighted by Crippen LogP contribution is -2.31. The molecule has 1 amide bonds. The molecule has 0 unspecified atom stereocenters. The van der Waals surface area contributed by atoms with Crippen molar-refractivity contribution < 1.29 is 18.4 Å². The molecule has 0 spiro atoms. The highest BCUT2D eigenvalue weighted by Crippen LogP contribution is 2.41. The van der Waals surface area contributed by atoms with Crippen LogP contribution in [0.4, 0.5) is 10.1 Å². The number of carbonyl (C=O) groups excluding carboxylic acids is 2. The first kappa shape index (κ1) is 24.5. The third kappa shape index (κ3) is 5.39. The summed E-state index contributed by atoms with van der Waals surface area (Å²) in [5.74, 6) is -1.59. The average molecular weight is 552 g/mol. The van der Waals surface area contributed by atoms with Crippen molar-refractivity contribution in [1.29, 1.82) is 5.26 Å². The second kappa shape index (κ2) is 10.8. The number of carbonyl (C=O) groups is 2. The van der Waals surface area contributed by atoms with Crippen molar-refractivity contribution >= 4 is 45.1 Å². The lowest BCUT2D eigenvalue weighted by atomic mass is 9.85. The smallest absolute Gasteiger partial charge is 0.254 e. The van der Waals surface area contributed by atoms with Crippen molar-refractivity contribution in [3.8, 4) is 6.07 Å². The Morgan fingerprint density at radius 3 is 2.57 bits per heavy atom.